The van der Waals surface area contributed by atoms with Crippen LogP contribution >= 0.6 is 11.8 Å². The van der Waals surface area contributed by atoms with E-state index in [1.165, 1.54) is 0 Å². The maximum atomic E-state index is 4.19. The predicted octanol–water partition coefficient (Wildman–Crippen LogP) is 1.68. The minimum Gasteiger partial charge on any atom is -0.275 e. The number of pyridine rings is 1. The van der Waals surface area contributed by atoms with Gasteiger partial charge in [-0.2, -0.15) is 5.10 Å². The topological polar surface area (TPSA) is 41.6 Å². The van der Waals surface area contributed by atoms with E-state index in [9.17, 15) is 0 Å². The summed E-state index contributed by atoms with van der Waals surface area (Å²) >= 11 is 1.62. The first kappa shape index (κ1) is 6.67. The molecule has 0 fully saturated rings. The second-order valence-corrected chi connectivity index (χ2v) is 2.95. The van der Waals surface area contributed by atoms with Crippen LogP contribution in [0.2, 0.25) is 0 Å². The van der Waals surface area contributed by atoms with Crippen LogP contribution in [0.5, 0.6) is 0 Å². The van der Waals surface area contributed by atoms with Crippen LogP contribution < -0.4 is 0 Å². The highest BCUT2D eigenvalue weighted by Crippen LogP contribution is 2.20. The van der Waals surface area contributed by atoms with Crippen molar-refractivity contribution < 1.29 is 0 Å². The molecule has 4 heteroatoms. The molecule has 0 amide bonds. The lowest BCUT2D eigenvalue weighted by molar-refractivity contribution is 1.08. The number of aromatic nitrogens is 3. The molecule has 11 heavy (non-hydrogen) atoms. The Balaban J connectivity index is 2.79. The Labute approximate surface area is 68.2 Å². The molecule has 1 N–H and O–H groups in total. The summed E-state index contributed by atoms with van der Waals surface area (Å²) < 4.78 is 0. The molecule has 3 nitrogen and oxygen atoms in total. The van der Waals surface area contributed by atoms with Crippen LogP contribution in [-0.2, 0) is 0 Å². The Morgan fingerprint density at radius 3 is 3.27 bits per heavy atom. The number of H-pyrrole nitrogens is 1. The largest absolute Gasteiger partial charge is 0.275 e. The molecule has 0 spiro atoms. The Bertz CT molecular complexity index is 368. The van der Waals surface area contributed by atoms with Gasteiger partial charge in [-0.05, 0) is 12.3 Å². The third-order valence-corrected chi connectivity index (χ3v) is 2.22. The molecule has 2 heterocycles. The van der Waals surface area contributed by atoms with Gasteiger partial charge in [0.25, 0.3) is 0 Å². The van der Waals surface area contributed by atoms with Crippen molar-refractivity contribution in [1.82, 2.24) is 15.2 Å². The van der Waals surface area contributed by atoms with E-state index in [1.54, 1.807) is 24.2 Å². The van der Waals surface area contributed by atoms with Gasteiger partial charge in [0.15, 0.2) is 0 Å². The van der Waals surface area contributed by atoms with Gasteiger partial charge in [-0.25, -0.2) is 4.98 Å². The van der Waals surface area contributed by atoms with Crippen LogP contribution in [-0.4, -0.2) is 21.4 Å². The highest BCUT2D eigenvalue weighted by molar-refractivity contribution is 7.98. The minimum absolute atomic E-state index is 1.00. The molecule has 0 aliphatic carbocycles. The molecule has 0 atom stereocenters. The normalized spacial score (nSPS) is 10.6. The standard InChI is InChI=1S/C7H7N3S/c1-11-7-6-5(2-3-8-7)4-9-10-6/h2-4H,1H3,(H,9,10). The summed E-state index contributed by atoms with van der Waals surface area (Å²) in [6.45, 7) is 0. The summed E-state index contributed by atoms with van der Waals surface area (Å²) in [5, 5.41) is 8.95. The number of hydrogen-bond acceptors (Lipinski definition) is 3. The minimum atomic E-state index is 1.00. The number of rotatable bonds is 1. The zero-order valence-corrected chi connectivity index (χ0v) is 6.85. The molecular formula is C7H7N3S. The molecule has 2 aromatic heterocycles. The van der Waals surface area contributed by atoms with Gasteiger partial charge in [-0.3, -0.25) is 5.10 Å². The summed E-state index contributed by atoms with van der Waals surface area (Å²) in [5.41, 5.74) is 1.03. The van der Waals surface area contributed by atoms with E-state index in [0.29, 0.717) is 0 Å². The average Bonchev–Trinajstić information content (AvgIpc) is 2.50. The zero-order chi connectivity index (χ0) is 7.68. The van der Waals surface area contributed by atoms with Crippen LogP contribution in [0.3, 0.4) is 0 Å². The number of nitrogens with zero attached hydrogens (tertiary/aromatic N) is 2. The van der Waals surface area contributed by atoms with E-state index >= 15 is 0 Å². The van der Waals surface area contributed by atoms with Crippen molar-refractivity contribution >= 4 is 22.7 Å². The first-order chi connectivity index (χ1) is 5.42. The molecule has 0 saturated carbocycles. The van der Waals surface area contributed by atoms with E-state index in [1.807, 2.05) is 12.3 Å². The van der Waals surface area contributed by atoms with Gasteiger partial charge in [0, 0.05) is 11.6 Å². The molecule has 0 saturated heterocycles. The van der Waals surface area contributed by atoms with E-state index in [4.69, 9.17) is 0 Å². The zero-order valence-electron chi connectivity index (χ0n) is 6.03. The Hall–Kier alpha value is -1.03. The lowest BCUT2D eigenvalue weighted by Gasteiger charge is -1.94. The van der Waals surface area contributed by atoms with Crippen molar-refractivity contribution in [3.63, 3.8) is 0 Å². The SMILES string of the molecule is CSc1nccc2cn[nH]c12. The molecule has 0 aliphatic rings. The smallest absolute Gasteiger partial charge is 0.121 e. The lowest BCUT2D eigenvalue weighted by atomic mass is 10.3. The van der Waals surface area contributed by atoms with Crippen molar-refractivity contribution in [2.45, 2.75) is 5.03 Å². The quantitative estimate of drug-likeness (QED) is 0.654. The van der Waals surface area contributed by atoms with E-state index in [0.717, 1.165) is 15.9 Å². The number of fused-ring (bicyclic) bond motifs is 1. The van der Waals surface area contributed by atoms with Gasteiger partial charge in [-0.1, -0.05) is 0 Å². The van der Waals surface area contributed by atoms with Crippen LogP contribution in [0.4, 0.5) is 0 Å². The molecule has 2 aromatic rings. The molecule has 2 rings (SSSR count). The highest BCUT2D eigenvalue weighted by Gasteiger charge is 2.00. The van der Waals surface area contributed by atoms with Crippen LogP contribution in [0, 0.1) is 0 Å². The predicted molar refractivity (Wildman–Crippen MR) is 45.7 cm³/mol. The van der Waals surface area contributed by atoms with Gasteiger partial charge in [-0.15, -0.1) is 11.8 Å². The van der Waals surface area contributed by atoms with Crippen molar-refractivity contribution in [2.75, 3.05) is 6.26 Å². The average molecular weight is 165 g/mol. The summed E-state index contributed by atoms with van der Waals surface area (Å²) in [7, 11) is 0. The van der Waals surface area contributed by atoms with E-state index in [-0.39, 0.29) is 0 Å². The van der Waals surface area contributed by atoms with Gasteiger partial charge in [0.1, 0.15) is 5.03 Å². The maximum absolute atomic E-state index is 4.19. The van der Waals surface area contributed by atoms with Crippen molar-refractivity contribution in [1.29, 1.82) is 0 Å². The van der Waals surface area contributed by atoms with Gasteiger partial charge < -0.3 is 0 Å². The summed E-state index contributed by atoms with van der Waals surface area (Å²) in [5.74, 6) is 0. The monoisotopic (exact) mass is 165 g/mol. The molecule has 0 aliphatic heterocycles. The van der Waals surface area contributed by atoms with Gasteiger partial charge in [0.2, 0.25) is 0 Å². The maximum Gasteiger partial charge on any atom is 0.121 e. The molecule has 56 valence electrons. The van der Waals surface area contributed by atoms with E-state index < -0.39 is 0 Å². The summed E-state index contributed by atoms with van der Waals surface area (Å²) in [6.07, 6.45) is 5.60. The Morgan fingerprint density at radius 2 is 2.45 bits per heavy atom. The van der Waals surface area contributed by atoms with Crippen LogP contribution in [0.1, 0.15) is 0 Å². The number of thioether (sulfide) groups is 1. The van der Waals surface area contributed by atoms with Gasteiger partial charge >= 0.3 is 0 Å². The van der Waals surface area contributed by atoms with Crippen LogP contribution in [0.25, 0.3) is 10.9 Å². The van der Waals surface area contributed by atoms with Crippen LogP contribution in [0.15, 0.2) is 23.5 Å². The molecule has 0 radical (unpaired) electrons. The fourth-order valence-corrected chi connectivity index (χ4v) is 1.53. The summed E-state index contributed by atoms with van der Waals surface area (Å²) in [4.78, 5) is 4.19. The van der Waals surface area contributed by atoms with Crippen molar-refractivity contribution in [3.8, 4) is 0 Å². The van der Waals surface area contributed by atoms with Gasteiger partial charge in [0.05, 0.1) is 11.7 Å². The fourth-order valence-electron chi connectivity index (χ4n) is 0.998. The first-order valence-corrected chi connectivity index (χ1v) is 4.46. The molecule has 0 unspecified atom stereocenters. The molecule has 0 bridgehead atoms. The van der Waals surface area contributed by atoms with Crippen molar-refractivity contribution in [3.05, 3.63) is 18.5 Å². The second kappa shape index (κ2) is 2.54. The third kappa shape index (κ3) is 0.991. The number of aromatic amines is 1. The Morgan fingerprint density at radius 1 is 1.55 bits per heavy atom. The third-order valence-electron chi connectivity index (χ3n) is 1.52. The fraction of sp³-hybridized carbons (Fsp3) is 0.143. The summed E-state index contributed by atoms with van der Waals surface area (Å²) in [6, 6.07) is 1.94. The second-order valence-electron chi connectivity index (χ2n) is 2.15. The first-order valence-electron chi connectivity index (χ1n) is 3.24. The number of nitrogens with one attached hydrogen (secondary N) is 1. The van der Waals surface area contributed by atoms with E-state index in [2.05, 4.69) is 15.2 Å². The number of hydrogen-bond donors (Lipinski definition) is 1. The highest BCUT2D eigenvalue weighted by atomic mass is 32.2. The Kier molecular flexibility index (Phi) is 1.54. The molecular weight excluding hydrogens is 158 g/mol. The molecule has 0 aromatic carbocycles. The van der Waals surface area contributed by atoms with Crippen molar-refractivity contribution in [2.24, 2.45) is 0 Å². The lowest BCUT2D eigenvalue weighted by Crippen LogP contribution is -1.79.